The fraction of sp³-hybridized carbons (Fsp3) is 0.111. The van der Waals surface area contributed by atoms with Gasteiger partial charge in [-0.1, -0.05) is 24.3 Å². The number of hydrogen-bond donors (Lipinski definition) is 2. The van der Waals surface area contributed by atoms with E-state index in [1.807, 2.05) is 19.1 Å². The molecule has 3 aromatic rings. The molecule has 0 bridgehead atoms. The third-order valence-electron chi connectivity index (χ3n) is 3.72. The third-order valence-corrected chi connectivity index (χ3v) is 3.72. The van der Waals surface area contributed by atoms with Gasteiger partial charge in [0.2, 0.25) is 0 Å². The molecule has 0 radical (unpaired) electrons. The second-order valence-electron chi connectivity index (χ2n) is 5.30. The lowest BCUT2D eigenvalue weighted by Crippen LogP contribution is -2.07. The first-order valence-corrected chi connectivity index (χ1v) is 7.04. The number of benzene rings is 2. The topological polar surface area (TPSA) is 76.2 Å². The Morgan fingerprint density at radius 3 is 2.73 bits per heavy atom. The summed E-state index contributed by atoms with van der Waals surface area (Å²) in [5.41, 5.74) is 7.40. The van der Waals surface area contributed by atoms with Gasteiger partial charge in [-0.05, 0) is 36.1 Å². The first-order valence-electron chi connectivity index (χ1n) is 7.04. The Morgan fingerprint density at radius 2 is 2.00 bits per heavy atom. The first-order chi connectivity index (χ1) is 10.6. The van der Waals surface area contributed by atoms with Crippen molar-refractivity contribution in [2.75, 3.05) is 0 Å². The van der Waals surface area contributed by atoms with E-state index in [9.17, 15) is 9.90 Å². The molecule has 110 valence electrons. The van der Waals surface area contributed by atoms with Crippen LogP contribution >= 0.6 is 0 Å². The molecule has 4 heteroatoms. The fourth-order valence-corrected chi connectivity index (χ4v) is 2.49. The molecule has 3 N–H and O–H groups in total. The van der Waals surface area contributed by atoms with E-state index in [1.165, 1.54) is 0 Å². The number of phenols is 1. The van der Waals surface area contributed by atoms with Crippen molar-refractivity contribution in [3.05, 3.63) is 71.5 Å². The zero-order valence-corrected chi connectivity index (χ0v) is 12.2. The van der Waals surface area contributed by atoms with E-state index >= 15 is 0 Å². The van der Waals surface area contributed by atoms with Crippen LogP contribution in [0.3, 0.4) is 0 Å². The summed E-state index contributed by atoms with van der Waals surface area (Å²) in [7, 11) is 0. The molecule has 1 heterocycles. The molecule has 0 aliphatic carbocycles. The predicted octanol–water partition coefficient (Wildman–Crippen LogP) is 3.19. The molecule has 0 aliphatic rings. The highest BCUT2D eigenvalue weighted by molar-refractivity contribution is 6.17. The van der Waals surface area contributed by atoms with E-state index < -0.39 is 0 Å². The van der Waals surface area contributed by atoms with Crippen LogP contribution in [-0.2, 0) is 0 Å². The molecule has 22 heavy (non-hydrogen) atoms. The minimum atomic E-state index is -0.217. The number of pyridine rings is 1. The number of fused-ring (bicyclic) bond motifs is 1. The molecule has 3 rings (SSSR count). The van der Waals surface area contributed by atoms with Gasteiger partial charge < -0.3 is 10.8 Å². The van der Waals surface area contributed by atoms with Crippen LogP contribution in [0, 0.1) is 0 Å². The molecule has 0 fully saturated rings. The quantitative estimate of drug-likeness (QED) is 0.727. The van der Waals surface area contributed by atoms with E-state index in [0.29, 0.717) is 5.56 Å². The zero-order valence-electron chi connectivity index (χ0n) is 12.2. The minimum absolute atomic E-state index is 0.0501. The summed E-state index contributed by atoms with van der Waals surface area (Å²) in [6, 6.07) is 12.0. The van der Waals surface area contributed by atoms with Crippen molar-refractivity contribution in [1.29, 1.82) is 0 Å². The maximum Gasteiger partial charge on any atom is 0.197 e. The Bertz CT molecular complexity index is 851. The Morgan fingerprint density at radius 1 is 1.18 bits per heavy atom. The van der Waals surface area contributed by atoms with Crippen LogP contribution in [-0.4, -0.2) is 15.9 Å². The average Bonchev–Trinajstić information content (AvgIpc) is 2.53. The number of rotatable bonds is 3. The van der Waals surface area contributed by atoms with Gasteiger partial charge in [-0.15, -0.1) is 0 Å². The van der Waals surface area contributed by atoms with Gasteiger partial charge in [-0.3, -0.25) is 9.78 Å². The molecule has 2 aromatic carbocycles. The molecule has 0 saturated heterocycles. The maximum absolute atomic E-state index is 12.8. The van der Waals surface area contributed by atoms with E-state index in [4.69, 9.17) is 5.73 Å². The average molecular weight is 292 g/mol. The van der Waals surface area contributed by atoms with Crippen LogP contribution in [0.25, 0.3) is 10.8 Å². The van der Waals surface area contributed by atoms with Crippen molar-refractivity contribution in [3.63, 3.8) is 0 Å². The summed E-state index contributed by atoms with van der Waals surface area (Å²) >= 11 is 0. The number of phenolic OH excluding ortho intramolecular Hbond substituents is 1. The SMILES string of the molecule is CC(N)c1ccc(C(=O)c2cccc3cnccc23)c(O)c1. The Kier molecular flexibility index (Phi) is 3.61. The smallest absolute Gasteiger partial charge is 0.197 e. The van der Waals surface area contributed by atoms with E-state index in [1.54, 1.807) is 42.7 Å². The van der Waals surface area contributed by atoms with E-state index in [0.717, 1.165) is 16.3 Å². The molecular formula is C18H16N2O2. The third kappa shape index (κ3) is 2.44. The lowest BCUT2D eigenvalue weighted by molar-refractivity contribution is 0.103. The second kappa shape index (κ2) is 5.58. The minimum Gasteiger partial charge on any atom is -0.507 e. The van der Waals surface area contributed by atoms with Crippen molar-refractivity contribution < 1.29 is 9.90 Å². The summed E-state index contributed by atoms with van der Waals surface area (Å²) in [5, 5.41) is 11.9. The number of ketones is 1. The summed E-state index contributed by atoms with van der Waals surface area (Å²) in [6.07, 6.45) is 3.36. The van der Waals surface area contributed by atoms with E-state index in [-0.39, 0.29) is 23.1 Å². The Labute approximate surface area is 128 Å². The van der Waals surface area contributed by atoms with Crippen LogP contribution in [0.2, 0.25) is 0 Å². The summed E-state index contributed by atoms with van der Waals surface area (Å²) in [6.45, 7) is 1.83. The molecule has 0 spiro atoms. The predicted molar refractivity (Wildman–Crippen MR) is 85.9 cm³/mol. The highest BCUT2D eigenvalue weighted by Gasteiger charge is 2.17. The van der Waals surface area contributed by atoms with Gasteiger partial charge in [-0.2, -0.15) is 0 Å². The molecule has 1 aromatic heterocycles. The summed E-state index contributed by atoms with van der Waals surface area (Å²) < 4.78 is 0. The maximum atomic E-state index is 12.8. The first kappa shape index (κ1) is 14.2. The molecule has 0 amide bonds. The van der Waals surface area contributed by atoms with Crippen LogP contribution < -0.4 is 5.73 Å². The van der Waals surface area contributed by atoms with Crippen LogP contribution in [0.15, 0.2) is 54.9 Å². The molecule has 1 atom stereocenters. The second-order valence-corrected chi connectivity index (χ2v) is 5.30. The van der Waals surface area contributed by atoms with Gasteiger partial charge in [0.1, 0.15) is 5.75 Å². The number of nitrogens with zero attached hydrogens (tertiary/aromatic N) is 1. The largest absolute Gasteiger partial charge is 0.507 e. The lowest BCUT2D eigenvalue weighted by Gasteiger charge is -2.10. The number of hydrogen-bond acceptors (Lipinski definition) is 4. The highest BCUT2D eigenvalue weighted by Crippen LogP contribution is 2.27. The molecular weight excluding hydrogens is 276 g/mol. The van der Waals surface area contributed by atoms with Gasteiger partial charge in [-0.25, -0.2) is 0 Å². The van der Waals surface area contributed by atoms with Crippen LogP contribution in [0.5, 0.6) is 5.75 Å². The summed E-state index contributed by atoms with van der Waals surface area (Å²) in [5.74, 6) is -0.267. The number of carbonyl (C=O) groups is 1. The molecule has 1 unspecified atom stereocenters. The van der Waals surface area contributed by atoms with Gasteiger partial charge >= 0.3 is 0 Å². The normalized spacial score (nSPS) is 12.3. The fourth-order valence-electron chi connectivity index (χ4n) is 2.49. The van der Waals surface area contributed by atoms with Crippen molar-refractivity contribution >= 4 is 16.6 Å². The summed E-state index contributed by atoms with van der Waals surface area (Å²) in [4.78, 5) is 16.8. The van der Waals surface area contributed by atoms with Gasteiger partial charge in [0.15, 0.2) is 5.78 Å². The van der Waals surface area contributed by atoms with Crippen LogP contribution in [0.4, 0.5) is 0 Å². The lowest BCUT2D eigenvalue weighted by atomic mass is 9.96. The molecule has 4 nitrogen and oxygen atoms in total. The van der Waals surface area contributed by atoms with E-state index in [2.05, 4.69) is 4.98 Å². The van der Waals surface area contributed by atoms with Crippen molar-refractivity contribution in [2.45, 2.75) is 13.0 Å². The standard InChI is InChI=1S/C18H16N2O2/c1-11(19)12-5-6-16(17(21)9-12)18(22)15-4-2-3-13-10-20-8-7-14(13)15/h2-11,21H,19H2,1H3. The monoisotopic (exact) mass is 292 g/mol. The number of nitrogens with two attached hydrogens (primary N) is 1. The van der Waals surface area contributed by atoms with Gasteiger partial charge in [0, 0.05) is 29.4 Å². The zero-order chi connectivity index (χ0) is 15.7. The molecule has 0 aliphatic heterocycles. The van der Waals surface area contributed by atoms with Crippen molar-refractivity contribution in [1.82, 2.24) is 4.98 Å². The Balaban J connectivity index is 2.10. The number of aromatic nitrogens is 1. The van der Waals surface area contributed by atoms with Gasteiger partial charge in [0.25, 0.3) is 0 Å². The number of aromatic hydroxyl groups is 1. The van der Waals surface area contributed by atoms with Crippen molar-refractivity contribution in [2.24, 2.45) is 5.73 Å². The van der Waals surface area contributed by atoms with Crippen molar-refractivity contribution in [3.8, 4) is 5.75 Å². The van der Waals surface area contributed by atoms with Crippen LogP contribution in [0.1, 0.15) is 34.5 Å². The van der Waals surface area contributed by atoms with Gasteiger partial charge in [0.05, 0.1) is 5.56 Å². The highest BCUT2D eigenvalue weighted by atomic mass is 16.3. The Hall–Kier alpha value is -2.72. The number of carbonyl (C=O) groups excluding carboxylic acids is 1. The molecule has 0 saturated carbocycles.